The largest absolute Gasteiger partial charge is 0.354 e. The number of hydrogen-bond donors (Lipinski definition) is 2. The number of aromatic nitrogens is 4. The predicted octanol–water partition coefficient (Wildman–Crippen LogP) is 0.299. The van der Waals surface area contributed by atoms with E-state index in [1.54, 1.807) is 11.5 Å². The molecule has 0 fully saturated rings. The molecule has 0 aromatic carbocycles. The molecule has 0 atom stereocenters. The van der Waals surface area contributed by atoms with Crippen LogP contribution in [0.5, 0.6) is 0 Å². The van der Waals surface area contributed by atoms with Gasteiger partial charge in [0.2, 0.25) is 5.91 Å². The third kappa shape index (κ3) is 4.57. The van der Waals surface area contributed by atoms with Crippen molar-refractivity contribution >= 4 is 5.91 Å². The van der Waals surface area contributed by atoms with Crippen molar-refractivity contribution in [2.24, 2.45) is 0 Å². The summed E-state index contributed by atoms with van der Waals surface area (Å²) < 4.78 is 3.61. The molecule has 1 aliphatic rings. The minimum atomic E-state index is -0.273. The third-order valence-electron chi connectivity index (χ3n) is 4.56. The highest BCUT2D eigenvalue weighted by molar-refractivity contribution is 5.76. The fourth-order valence-electron chi connectivity index (χ4n) is 3.23. The van der Waals surface area contributed by atoms with Gasteiger partial charge in [-0.2, -0.15) is 10.1 Å². The topological polar surface area (TPSA) is 93.8 Å². The first-order valence-corrected chi connectivity index (χ1v) is 9.11. The fourth-order valence-corrected chi connectivity index (χ4v) is 3.23. The average Bonchev–Trinajstić information content (AvgIpc) is 2.84. The van der Waals surface area contributed by atoms with Crippen LogP contribution >= 0.6 is 0 Å². The Morgan fingerprint density at radius 3 is 3.00 bits per heavy atom. The Bertz CT molecular complexity index is 815. The Morgan fingerprint density at radius 1 is 1.35 bits per heavy atom. The van der Waals surface area contributed by atoms with E-state index >= 15 is 0 Å². The first-order valence-electron chi connectivity index (χ1n) is 9.11. The maximum absolute atomic E-state index is 12.1. The van der Waals surface area contributed by atoms with Crippen molar-refractivity contribution in [1.82, 2.24) is 30.0 Å². The average molecular weight is 358 g/mol. The minimum absolute atomic E-state index is 0.0305. The number of nitrogens with one attached hydrogen (secondary N) is 2. The summed E-state index contributed by atoms with van der Waals surface area (Å²) >= 11 is 0. The molecule has 8 nitrogen and oxygen atoms in total. The van der Waals surface area contributed by atoms with E-state index in [1.165, 1.54) is 5.69 Å². The zero-order chi connectivity index (χ0) is 18.5. The summed E-state index contributed by atoms with van der Waals surface area (Å²) in [5, 5.41) is 10.8. The molecule has 2 aromatic heterocycles. The van der Waals surface area contributed by atoms with E-state index in [4.69, 9.17) is 0 Å². The van der Waals surface area contributed by atoms with Crippen LogP contribution < -0.4 is 16.3 Å². The molecule has 2 N–H and O–H groups in total. The van der Waals surface area contributed by atoms with Crippen molar-refractivity contribution in [2.75, 3.05) is 13.1 Å². The van der Waals surface area contributed by atoms with Crippen LogP contribution in [0.15, 0.2) is 16.9 Å². The van der Waals surface area contributed by atoms with Gasteiger partial charge in [0.05, 0.1) is 11.4 Å². The molecule has 0 unspecified atom stereocenters. The van der Waals surface area contributed by atoms with Gasteiger partial charge in [-0.3, -0.25) is 14.0 Å². The van der Waals surface area contributed by atoms with Crippen LogP contribution in [-0.2, 0) is 30.8 Å². The molecule has 1 aliphatic heterocycles. The Labute approximate surface area is 152 Å². The fraction of sp³-hybridized carbons (Fsp3) is 0.556. The number of amides is 1. The summed E-state index contributed by atoms with van der Waals surface area (Å²) in [5.41, 5.74) is 3.42. The number of fused-ring (bicyclic) bond motifs is 1. The summed E-state index contributed by atoms with van der Waals surface area (Å²) in [6, 6.07) is 3.94. The summed E-state index contributed by atoms with van der Waals surface area (Å²) in [6.07, 6.45) is 2.09. The van der Waals surface area contributed by atoms with Gasteiger partial charge in [0, 0.05) is 50.4 Å². The van der Waals surface area contributed by atoms with Crippen LogP contribution in [0, 0.1) is 13.8 Å². The minimum Gasteiger partial charge on any atom is -0.354 e. The number of hydrogen-bond acceptors (Lipinski definition) is 5. The Kier molecular flexibility index (Phi) is 5.82. The monoisotopic (exact) mass is 358 g/mol. The van der Waals surface area contributed by atoms with Crippen molar-refractivity contribution in [1.29, 1.82) is 0 Å². The lowest BCUT2D eigenvalue weighted by Gasteiger charge is -2.10. The van der Waals surface area contributed by atoms with Gasteiger partial charge in [-0.15, -0.1) is 0 Å². The zero-order valence-corrected chi connectivity index (χ0v) is 15.4. The molecule has 3 rings (SSSR count). The number of carbonyl (C=O) groups excluding carboxylic acids is 1. The second-order valence-corrected chi connectivity index (χ2v) is 6.70. The Hall–Kier alpha value is -2.48. The first-order chi connectivity index (χ1) is 12.5. The Morgan fingerprint density at radius 2 is 2.19 bits per heavy atom. The zero-order valence-electron chi connectivity index (χ0n) is 15.4. The van der Waals surface area contributed by atoms with Crippen molar-refractivity contribution in [2.45, 2.75) is 52.7 Å². The van der Waals surface area contributed by atoms with Crippen molar-refractivity contribution in [3.63, 3.8) is 0 Å². The van der Waals surface area contributed by atoms with E-state index < -0.39 is 0 Å². The highest BCUT2D eigenvalue weighted by Gasteiger charge is 2.12. The number of nitrogens with zero attached hydrogens (tertiary/aromatic N) is 4. The van der Waals surface area contributed by atoms with Gasteiger partial charge in [0.15, 0.2) is 0 Å². The van der Waals surface area contributed by atoms with Crippen LogP contribution in [0.1, 0.15) is 35.6 Å². The maximum Gasteiger partial charge on any atom is 0.348 e. The number of rotatable bonds is 6. The SMILES string of the molecule is Cc1cc(C)n(CCNC(=O)CCc2cc3n(n2)CCCNC3)c(=O)n1. The molecule has 140 valence electrons. The van der Waals surface area contributed by atoms with Gasteiger partial charge in [0.25, 0.3) is 0 Å². The van der Waals surface area contributed by atoms with Gasteiger partial charge in [-0.25, -0.2) is 4.79 Å². The van der Waals surface area contributed by atoms with Gasteiger partial charge >= 0.3 is 5.69 Å². The van der Waals surface area contributed by atoms with Crippen molar-refractivity contribution in [3.8, 4) is 0 Å². The van der Waals surface area contributed by atoms with Gasteiger partial charge in [-0.05, 0) is 38.9 Å². The second-order valence-electron chi connectivity index (χ2n) is 6.70. The molecule has 1 amide bonds. The summed E-state index contributed by atoms with van der Waals surface area (Å²) in [5.74, 6) is -0.0305. The molecular weight excluding hydrogens is 332 g/mol. The lowest BCUT2D eigenvalue weighted by molar-refractivity contribution is -0.121. The normalized spacial score (nSPS) is 13.9. The predicted molar refractivity (Wildman–Crippen MR) is 97.9 cm³/mol. The number of carbonyl (C=O) groups is 1. The van der Waals surface area contributed by atoms with E-state index in [0.717, 1.165) is 37.4 Å². The van der Waals surface area contributed by atoms with Crippen molar-refractivity contribution < 1.29 is 4.79 Å². The Balaban J connectivity index is 1.46. The third-order valence-corrected chi connectivity index (χ3v) is 4.56. The van der Waals surface area contributed by atoms with Gasteiger partial charge < -0.3 is 10.6 Å². The van der Waals surface area contributed by atoms with E-state index in [-0.39, 0.29) is 11.6 Å². The molecule has 0 radical (unpaired) electrons. The smallest absolute Gasteiger partial charge is 0.348 e. The van der Waals surface area contributed by atoms with E-state index in [0.29, 0.717) is 31.6 Å². The molecule has 0 bridgehead atoms. The molecule has 0 saturated heterocycles. The van der Waals surface area contributed by atoms with E-state index in [9.17, 15) is 9.59 Å². The molecule has 0 spiro atoms. The van der Waals surface area contributed by atoms with E-state index in [2.05, 4.69) is 26.8 Å². The van der Waals surface area contributed by atoms with E-state index in [1.807, 2.05) is 17.7 Å². The lowest BCUT2D eigenvalue weighted by atomic mass is 10.2. The molecule has 0 saturated carbocycles. The van der Waals surface area contributed by atoms with Gasteiger partial charge in [-0.1, -0.05) is 0 Å². The molecule has 0 aliphatic carbocycles. The van der Waals surface area contributed by atoms with Gasteiger partial charge in [0.1, 0.15) is 0 Å². The molecule has 2 aromatic rings. The maximum atomic E-state index is 12.1. The molecule has 3 heterocycles. The summed E-state index contributed by atoms with van der Waals surface area (Å²) in [6.45, 7) is 7.27. The lowest BCUT2D eigenvalue weighted by Crippen LogP contribution is -2.33. The molecule has 8 heteroatoms. The van der Waals surface area contributed by atoms with Crippen LogP contribution in [-0.4, -0.2) is 38.3 Å². The summed E-state index contributed by atoms with van der Waals surface area (Å²) in [7, 11) is 0. The van der Waals surface area contributed by atoms with Crippen LogP contribution in [0.2, 0.25) is 0 Å². The molecule has 26 heavy (non-hydrogen) atoms. The second kappa shape index (κ2) is 8.27. The standard InChI is InChI=1S/C18H26N6O2/c1-13-10-14(2)23(18(26)21-13)9-7-20-17(25)5-4-15-11-16-12-19-6-3-8-24(16)22-15/h10-11,19H,3-9,12H2,1-2H3,(H,20,25). The highest BCUT2D eigenvalue weighted by atomic mass is 16.2. The first kappa shape index (κ1) is 18.3. The number of aryl methyl sites for hydroxylation is 4. The highest BCUT2D eigenvalue weighted by Crippen LogP contribution is 2.10. The molecular formula is C18H26N6O2. The quantitative estimate of drug-likeness (QED) is 0.775. The van der Waals surface area contributed by atoms with Crippen LogP contribution in [0.25, 0.3) is 0 Å². The summed E-state index contributed by atoms with van der Waals surface area (Å²) in [4.78, 5) is 27.9. The van der Waals surface area contributed by atoms with Crippen LogP contribution in [0.3, 0.4) is 0 Å². The van der Waals surface area contributed by atoms with Crippen LogP contribution in [0.4, 0.5) is 0 Å². The van der Waals surface area contributed by atoms with Crippen molar-refractivity contribution in [3.05, 3.63) is 45.4 Å².